The number of aliphatic hydroxyl groups is 1. The van der Waals surface area contributed by atoms with Crippen LogP contribution in [0.3, 0.4) is 0 Å². The number of pyridine rings is 1. The molecule has 0 radical (unpaired) electrons. The molecule has 0 aliphatic rings. The molecular formula is C16H20N2O. The van der Waals surface area contributed by atoms with Crippen LogP contribution >= 0.6 is 0 Å². The lowest BCUT2D eigenvalue weighted by Crippen LogP contribution is -2.18. The van der Waals surface area contributed by atoms with Gasteiger partial charge in [0, 0.05) is 18.4 Å². The number of anilines is 2. The van der Waals surface area contributed by atoms with E-state index in [-0.39, 0.29) is 0 Å². The van der Waals surface area contributed by atoms with Crippen LogP contribution in [0.2, 0.25) is 0 Å². The quantitative estimate of drug-likeness (QED) is 0.908. The van der Waals surface area contributed by atoms with Gasteiger partial charge in [-0.15, -0.1) is 0 Å². The Balaban J connectivity index is 2.43. The highest BCUT2D eigenvalue weighted by Gasteiger charge is 2.12. The van der Waals surface area contributed by atoms with Gasteiger partial charge in [-0.25, -0.2) is 4.98 Å². The average molecular weight is 256 g/mol. The predicted molar refractivity (Wildman–Crippen MR) is 78.7 cm³/mol. The van der Waals surface area contributed by atoms with Crippen LogP contribution in [0.4, 0.5) is 11.5 Å². The lowest BCUT2D eigenvalue weighted by atomic mass is 10.1. The molecule has 0 amide bonds. The summed E-state index contributed by atoms with van der Waals surface area (Å²) in [6, 6.07) is 12.0. The second-order valence-corrected chi connectivity index (χ2v) is 4.65. The van der Waals surface area contributed by atoms with E-state index in [2.05, 4.69) is 35.9 Å². The van der Waals surface area contributed by atoms with Crippen molar-refractivity contribution in [3.05, 3.63) is 53.7 Å². The summed E-state index contributed by atoms with van der Waals surface area (Å²) in [5, 5.41) is 9.68. The summed E-state index contributed by atoms with van der Waals surface area (Å²) in [7, 11) is 0. The summed E-state index contributed by atoms with van der Waals surface area (Å²) in [4.78, 5) is 6.58. The second-order valence-electron chi connectivity index (χ2n) is 4.65. The standard InChI is InChI=1S/C16H20N2O/c1-4-18(15-8-6-5-7-12(15)2)16-11-14(13(3)19)9-10-17-16/h5-11,13,19H,4H2,1-3H3. The zero-order chi connectivity index (χ0) is 13.8. The normalized spacial score (nSPS) is 12.2. The molecule has 0 aliphatic heterocycles. The number of aromatic nitrogens is 1. The molecule has 1 heterocycles. The van der Waals surface area contributed by atoms with Crippen LogP contribution in [-0.4, -0.2) is 16.6 Å². The molecule has 0 aliphatic carbocycles. The number of aryl methyl sites for hydroxylation is 1. The van der Waals surface area contributed by atoms with Crippen LogP contribution in [0.5, 0.6) is 0 Å². The molecule has 1 aromatic heterocycles. The van der Waals surface area contributed by atoms with Crippen molar-refractivity contribution in [2.75, 3.05) is 11.4 Å². The molecule has 3 heteroatoms. The maximum absolute atomic E-state index is 9.68. The molecule has 3 nitrogen and oxygen atoms in total. The van der Waals surface area contributed by atoms with Gasteiger partial charge in [-0.05, 0) is 50.1 Å². The van der Waals surface area contributed by atoms with E-state index in [1.165, 1.54) is 5.56 Å². The maximum Gasteiger partial charge on any atom is 0.133 e. The van der Waals surface area contributed by atoms with Crippen molar-refractivity contribution in [1.82, 2.24) is 4.98 Å². The molecule has 100 valence electrons. The predicted octanol–water partition coefficient (Wildman–Crippen LogP) is 3.60. The third-order valence-corrected chi connectivity index (χ3v) is 3.25. The van der Waals surface area contributed by atoms with Gasteiger partial charge in [0.05, 0.1) is 6.10 Å². The molecule has 0 saturated carbocycles. The monoisotopic (exact) mass is 256 g/mol. The van der Waals surface area contributed by atoms with Gasteiger partial charge in [0.2, 0.25) is 0 Å². The van der Waals surface area contributed by atoms with Gasteiger partial charge in [0.1, 0.15) is 5.82 Å². The van der Waals surface area contributed by atoms with E-state index < -0.39 is 6.10 Å². The Kier molecular flexibility index (Phi) is 4.17. The van der Waals surface area contributed by atoms with Crippen molar-refractivity contribution < 1.29 is 5.11 Å². The Morgan fingerprint density at radius 1 is 1.26 bits per heavy atom. The molecule has 0 saturated heterocycles. The molecule has 0 fully saturated rings. The lowest BCUT2D eigenvalue weighted by Gasteiger charge is -2.24. The SMILES string of the molecule is CCN(c1cc(C(C)O)ccn1)c1ccccc1C. The van der Waals surface area contributed by atoms with Crippen LogP contribution in [-0.2, 0) is 0 Å². The number of benzene rings is 1. The van der Waals surface area contributed by atoms with E-state index in [1.54, 1.807) is 13.1 Å². The Morgan fingerprint density at radius 3 is 2.63 bits per heavy atom. The first kappa shape index (κ1) is 13.6. The van der Waals surface area contributed by atoms with Crippen LogP contribution in [0, 0.1) is 6.92 Å². The highest BCUT2D eigenvalue weighted by atomic mass is 16.3. The summed E-state index contributed by atoms with van der Waals surface area (Å²) < 4.78 is 0. The van der Waals surface area contributed by atoms with Crippen LogP contribution in [0.25, 0.3) is 0 Å². The summed E-state index contributed by atoms with van der Waals surface area (Å²) in [5.74, 6) is 0.871. The minimum atomic E-state index is -0.475. The Labute approximate surface area is 114 Å². The third-order valence-electron chi connectivity index (χ3n) is 3.25. The molecule has 1 unspecified atom stereocenters. The van der Waals surface area contributed by atoms with Gasteiger partial charge in [0.15, 0.2) is 0 Å². The summed E-state index contributed by atoms with van der Waals surface area (Å²) >= 11 is 0. The fraction of sp³-hybridized carbons (Fsp3) is 0.312. The van der Waals surface area contributed by atoms with Crippen LogP contribution in [0.15, 0.2) is 42.6 Å². The average Bonchev–Trinajstić information content (AvgIpc) is 2.42. The summed E-state index contributed by atoms with van der Waals surface area (Å²) in [6.45, 7) is 6.80. The van der Waals surface area contributed by atoms with Crippen molar-refractivity contribution in [3.8, 4) is 0 Å². The molecule has 19 heavy (non-hydrogen) atoms. The Hall–Kier alpha value is -1.87. The van der Waals surface area contributed by atoms with Gasteiger partial charge >= 0.3 is 0 Å². The van der Waals surface area contributed by atoms with E-state index in [1.807, 2.05) is 24.3 Å². The third kappa shape index (κ3) is 2.93. The molecule has 1 atom stereocenters. The number of para-hydroxylation sites is 1. The molecule has 2 rings (SSSR count). The second kappa shape index (κ2) is 5.85. The first-order chi connectivity index (χ1) is 9.13. The maximum atomic E-state index is 9.68. The lowest BCUT2D eigenvalue weighted by molar-refractivity contribution is 0.199. The van der Waals surface area contributed by atoms with Crippen molar-refractivity contribution in [1.29, 1.82) is 0 Å². The van der Waals surface area contributed by atoms with Gasteiger partial charge < -0.3 is 10.0 Å². The minimum absolute atomic E-state index is 0.475. The van der Waals surface area contributed by atoms with E-state index in [0.717, 1.165) is 23.6 Å². The fourth-order valence-corrected chi connectivity index (χ4v) is 2.16. The molecule has 1 N–H and O–H groups in total. The highest BCUT2D eigenvalue weighted by molar-refractivity contribution is 5.63. The van der Waals surface area contributed by atoms with Gasteiger partial charge in [0.25, 0.3) is 0 Å². The number of nitrogens with zero attached hydrogens (tertiary/aromatic N) is 2. The number of aliphatic hydroxyl groups excluding tert-OH is 1. The number of hydrogen-bond donors (Lipinski definition) is 1. The number of rotatable bonds is 4. The van der Waals surface area contributed by atoms with E-state index >= 15 is 0 Å². The van der Waals surface area contributed by atoms with Crippen LogP contribution < -0.4 is 4.90 Å². The van der Waals surface area contributed by atoms with E-state index in [4.69, 9.17) is 0 Å². The van der Waals surface area contributed by atoms with Gasteiger partial charge in [-0.3, -0.25) is 0 Å². The summed E-state index contributed by atoms with van der Waals surface area (Å²) in [5.41, 5.74) is 3.26. The first-order valence-electron chi connectivity index (χ1n) is 6.60. The van der Waals surface area contributed by atoms with Crippen LogP contribution in [0.1, 0.15) is 31.1 Å². The molecule has 1 aromatic carbocycles. The van der Waals surface area contributed by atoms with E-state index in [0.29, 0.717) is 0 Å². The zero-order valence-corrected chi connectivity index (χ0v) is 11.7. The summed E-state index contributed by atoms with van der Waals surface area (Å²) in [6.07, 6.45) is 1.27. The van der Waals surface area contributed by atoms with E-state index in [9.17, 15) is 5.11 Å². The minimum Gasteiger partial charge on any atom is -0.389 e. The molecule has 0 bridgehead atoms. The van der Waals surface area contributed by atoms with Crippen molar-refractivity contribution >= 4 is 11.5 Å². The van der Waals surface area contributed by atoms with Crippen molar-refractivity contribution in [2.45, 2.75) is 26.9 Å². The van der Waals surface area contributed by atoms with Crippen molar-refractivity contribution in [2.24, 2.45) is 0 Å². The van der Waals surface area contributed by atoms with Crippen molar-refractivity contribution in [3.63, 3.8) is 0 Å². The van der Waals surface area contributed by atoms with Gasteiger partial charge in [-0.2, -0.15) is 0 Å². The van der Waals surface area contributed by atoms with Gasteiger partial charge in [-0.1, -0.05) is 18.2 Å². The Bertz CT molecular complexity index is 552. The number of hydrogen-bond acceptors (Lipinski definition) is 3. The molecule has 2 aromatic rings. The first-order valence-corrected chi connectivity index (χ1v) is 6.60. The zero-order valence-electron chi connectivity index (χ0n) is 11.7. The largest absolute Gasteiger partial charge is 0.389 e. The fourth-order valence-electron chi connectivity index (χ4n) is 2.16. The topological polar surface area (TPSA) is 36.4 Å². The molecule has 0 spiro atoms. The molecular weight excluding hydrogens is 236 g/mol. The Morgan fingerprint density at radius 2 is 2.00 bits per heavy atom. The highest BCUT2D eigenvalue weighted by Crippen LogP contribution is 2.27. The smallest absolute Gasteiger partial charge is 0.133 e.